The Balaban J connectivity index is 1.60. The number of hydrogen-bond acceptors (Lipinski definition) is 4. The number of carboxylic acids is 1. The Hall–Kier alpha value is -2.83. The molecular weight excluding hydrogens is 404 g/mol. The zero-order valence-electron chi connectivity index (χ0n) is 18.9. The van der Waals surface area contributed by atoms with Crippen LogP contribution in [0.3, 0.4) is 0 Å². The average molecular weight is 435 g/mol. The lowest BCUT2D eigenvalue weighted by Crippen LogP contribution is -2.52. The summed E-state index contributed by atoms with van der Waals surface area (Å²) in [6, 6.07) is 12.1. The van der Waals surface area contributed by atoms with Gasteiger partial charge in [0.05, 0.1) is 18.8 Å². The first-order valence-electron chi connectivity index (χ1n) is 11.2. The normalized spacial score (nSPS) is 25.3. The molecule has 2 aliphatic heterocycles. The van der Waals surface area contributed by atoms with E-state index in [-0.39, 0.29) is 11.6 Å². The topological polar surface area (TPSA) is 74.8 Å². The summed E-state index contributed by atoms with van der Waals surface area (Å²) >= 11 is 0. The Bertz CT molecular complexity index is 1150. The van der Waals surface area contributed by atoms with E-state index in [1.54, 1.807) is 26.4 Å². The Morgan fingerprint density at radius 1 is 1.25 bits per heavy atom. The molecule has 3 heterocycles. The third-order valence-electron chi connectivity index (χ3n) is 7.64. The van der Waals surface area contributed by atoms with Gasteiger partial charge in [0, 0.05) is 47.9 Å². The molecule has 32 heavy (non-hydrogen) atoms. The zero-order chi connectivity index (χ0) is 22.5. The lowest BCUT2D eigenvalue weighted by atomic mass is 9.79. The third kappa shape index (κ3) is 3.21. The molecule has 6 nitrogen and oxygen atoms in total. The molecule has 2 bridgehead atoms. The van der Waals surface area contributed by atoms with Gasteiger partial charge in [0.25, 0.3) is 0 Å². The number of aromatic carboxylic acids is 1. The Kier molecular flexibility index (Phi) is 5.22. The summed E-state index contributed by atoms with van der Waals surface area (Å²) in [6.45, 7) is 2.88. The van der Waals surface area contributed by atoms with Gasteiger partial charge in [0.15, 0.2) is 0 Å². The van der Waals surface area contributed by atoms with E-state index in [0.717, 1.165) is 43.5 Å². The van der Waals surface area contributed by atoms with Crippen molar-refractivity contribution in [1.29, 1.82) is 0 Å². The fourth-order valence-corrected chi connectivity index (χ4v) is 6.04. The number of H-pyrrole nitrogens is 1. The van der Waals surface area contributed by atoms with Gasteiger partial charge in [-0.05, 0) is 68.0 Å². The number of piperidine rings is 1. The molecule has 0 radical (unpaired) electrons. The Morgan fingerprint density at radius 3 is 2.72 bits per heavy atom. The van der Waals surface area contributed by atoms with Gasteiger partial charge in [0.2, 0.25) is 0 Å². The van der Waals surface area contributed by atoms with Gasteiger partial charge in [-0.1, -0.05) is 12.1 Å². The summed E-state index contributed by atoms with van der Waals surface area (Å²) in [7, 11) is 3.54. The van der Waals surface area contributed by atoms with Crippen LogP contribution in [0.5, 0.6) is 5.75 Å². The number of nitrogens with one attached hydrogen (secondary N) is 1. The van der Waals surface area contributed by atoms with Gasteiger partial charge in [-0.15, -0.1) is 0 Å². The van der Waals surface area contributed by atoms with Crippen molar-refractivity contribution in [1.82, 2.24) is 9.88 Å². The fraction of sp³-hybridized carbons (Fsp3) is 0.423. The van der Waals surface area contributed by atoms with Crippen LogP contribution in [0.2, 0.25) is 0 Å². The second kappa shape index (κ2) is 7.94. The van der Waals surface area contributed by atoms with E-state index >= 15 is 0 Å². The number of carbonyl (C=O) groups is 1. The number of aromatic amines is 1. The number of hydrogen-bond donors (Lipinski definition) is 2. The molecule has 3 atom stereocenters. The summed E-state index contributed by atoms with van der Waals surface area (Å²) in [4.78, 5) is 17.4. The van der Waals surface area contributed by atoms with Crippen molar-refractivity contribution >= 4 is 16.9 Å². The second-order valence-corrected chi connectivity index (χ2v) is 9.17. The lowest BCUT2D eigenvalue weighted by molar-refractivity contribution is -0.0460. The summed E-state index contributed by atoms with van der Waals surface area (Å²) in [5.41, 5.74) is 4.83. The number of methoxy groups -OCH3 is 2. The maximum absolute atomic E-state index is 11.4. The molecule has 2 N–H and O–H groups in total. The molecule has 5 rings (SSSR count). The van der Waals surface area contributed by atoms with Crippen molar-refractivity contribution in [3.8, 4) is 5.75 Å². The van der Waals surface area contributed by atoms with Gasteiger partial charge in [-0.2, -0.15) is 0 Å². The highest BCUT2D eigenvalue weighted by atomic mass is 16.5. The summed E-state index contributed by atoms with van der Waals surface area (Å²) in [5, 5.41) is 10.6. The molecule has 1 unspecified atom stereocenters. The van der Waals surface area contributed by atoms with Crippen LogP contribution in [0.15, 0.2) is 42.6 Å². The van der Waals surface area contributed by atoms with Crippen LogP contribution in [0.25, 0.3) is 10.9 Å². The highest BCUT2D eigenvalue weighted by Crippen LogP contribution is 2.52. The molecule has 2 aliphatic rings. The monoisotopic (exact) mass is 434 g/mol. The summed E-state index contributed by atoms with van der Waals surface area (Å²) < 4.78 is 11.7. The molecule has 0 amide bonds. The molecule has 0 spiro atoms. The number of aromatic nitrogens is 1. The average Bonchev–Trinajstić information content (AvgIpc) is 3.37. The van der Waals surface area contributed by atoms with Gasteiger partial charge in [0.1, 0.15) is 5.75 Å². The smallest absolute Gasteiger partial charge is 0.335 e. The number of carboxylic acid groups (broad SMARTS) is 1. The van der Waals surface area contributed by atoms with Crippen molar-refractivity contribution in [2.75, 3.05) is 14.2 Å². The van der Waals surface area contributed by atoms with Crippen molar-refractivity contribution < 1.29 is 19.4 Å². The number of rotatable bonds is 6. The molecule has 3 aromatic rings. The maximum atomic E-state index is 11.4. The zero-order valence-corrected chi connectivity index (χ0v) is 18.9. The molecule has 2 aromatic carbocycles. The first-order valence-corrected chi connectivity index (χ1v) is 11.2. The van der Waals surface area contributed by atoms with Crippen LogP contribution >= 0.6 is 0 Å². The van der Waals surface area contributed by atoms with Crippen LogP contribution in [-0.2, 0) is 16.8 Å². The molecule has 2 saturated heterocycles. The van der Waals surface area contributed by atoms with Crippen molar-refractivity contribution in [2.45, 2.75) is 56.8 Å². The van der Waals surface area contributed by atoms with E-state index in [0.29, 0.717) is 11.6 Å². The van der Waals surface area contributed by atoms with Crippen molar-refractivity contribution in [3.05, 3.63) is 64.8 Å². The quantitative estimate of drug-likeness (QED) is 0.580. The van der Waals surface area contributed by atoms with Crippen molar-refractivity contribution in [3.63, 3.8) is 0 Å². The van der Waals surface area contributed by atoms with E-state index < -0.39 is 5.97 Å². The predicted octanol–water partition coefficient (Wildman–Crippen LogP) is 4.85. The van der Waals surface area contributed by atoms with Crippen molar-refractivity contribution in [2.24, 2.45) is 0 Å². The number of benzene rings is 2. The van der Waals surface area contributed by atoms with Gasteiger partial charge in [-0.3, -0.25) is 4.90 Å². The molecule has 6 heteroatoms. The van der Waals surface area contributed by atoms with E-state index in [4.69, 9.17) is 9.47 Å². The fourth-order valence-electron chi connectivity index (χ4n) is 6.04. The maximum Gasteiger partial charge on any atom is 0.335 e. The SMILES string of the molecule is COc1cc(C)c2[nH]ccc2c1CN1[C@@H]2CCC1(c1ccc(C(=O)O)cc1)C[C@@H](OC)C2. The van der Waals surface area contributed by atoms with E-state index in [9.17, 15) is 9.90 Å². The lowest BCUT2D eigenvalue weighted by Gasteiger charge is -2.48. The van der Waals surface area contributed by atoms with Crippen LogP contribution in [0.1, 0.15) is 52.7 Å². The van der Waals surface area contributed by atoms with Crippen LogP contribution in [0.4, 0.5) is 0 Å². The molecule has 168 valence electrons. The first kappa shape index (κ1) is 21.0. The molecule has 0 aliphatic carbocycles. The minimum absolute atomic E-state index is 0.181. The van der Waals surface area contributed by atoms with Gasteiger partial charge < -0.3 is 19.6 Å². The molecule has 1 aromatic heterocycles. The number of ether oxygens (including phenoxy) is 2. The van der Waals surface area contributed by atoms with E-state index in [1.807, 2.05) is 18.3 Å². The third-order valence-corrected chi connectivity index (χ3v) is 7.64. The Labute approximate surface area is 188 Å². The summed E-state index contributed by atoms with van der Waals surface area (Å²) in [5.74, 6) is 0.0205. The number of aryl methyl sites for hydroxylation is 1. The summed E-state index contributed by atoms with van der Waals surface area (Å²) in [6.07, 6.45) is 6.24. The van der Waals surface area contributed by atoms with Crippen LogP contribution < -0.4 is 4.74 Å². The first-order chi connectivity index (χ1) is 15.5. The van der Waals surface area contributed by atoms with E-state index in [1.165, 1.54) is 22.1 Å². The Morgan fingerprint density at radius 2 is 2.03 bits per heavy atom. The van der Waals surface area contributed by atoms with Crippen LogP contribution in [-0.4, -0.2) is 47.3 Å². The second-order valence-electron chi connectivity index (χ2n) is 9.17. The standard InChI is InChI=1S/C26H30N2O4/c1-16-12-23(32-3)22(21-9-11-27-24(16)21)15-28-19-8-10-26(28,14-20(13-19)31-2)18-6-4-17(5-7-18)25(29)30/h4-7,9,11-12,19-20,27H,8,10,13-15H2,1-3H3,(H,29,30)/t19-,20+,26?/m1/s1. The molecular formula is C26H30N2O4. The van der Waals surface area contributed by atoms with E-state index in [2.05, 4.69) is 28.9 Å². The van der Waals surface area contributed by atoms with Gasteiger partial charge >= 0.3 is 5.97 Å². The number of fused-ring (bicyclic) bond motifs is 3. The van der Waals surface area contributed by atoms with Crippen LogP contribution in [0, 0.1) is 6.92 Å². The highest BCUT2D eigenvalue weighted by Gasteiger charge is 2.52. The highest BCUT2D eigenvalue weighted by molar-refractivity contribution is 5.88. The minimum atomic E-state index is -0.896. The molecule has 0 saturated carbocycles. The predicted molar refractivity (Wildman–Crippen MR) is 123 cm³/mol. The van der Waals surface area contributed by atoms with Gasteiger partial charge in [-0.25, -0.2) is 4.79 Å². The largest absolute Gasteiger partial charge is 0.496 e. The minimum Gasteiger partial charge on any atom is -0.496 e. The number of nitrogens with zero attached hydrogens (tertiary/aromatic N) is 1. The molecule has 2 fully saturated rings.